The number of para-hydroxylation sites is 1. The van der Waals surface area contributed by atoms with E-state index < -0.39 is 12.0 Å². The van der Waals surface area contributed by atoms with E-state index in [0.29, 0.717) is 18.5 Å². The number of carbonyl (C=O) groups excluding carboxylic acids is 2. The molecule has 0 saturated heterocycles. The summed E-state index contributed by atoms with van der Waals surface area (Å²) in [7, 11) is 0. The molecular weight excluding hydrogens is 358 g/mol. The number of phenols is 1. The first-order valence-corrected chi connectivity index (χ1v) is 9.17. The van der Waals surface area contributed by atoms with Gasteiger partial charge in [-0.1, -0.05) is 24.3 Å². The lowest BCUT2D eigenvalue weighted by molar-refractivity contribution is -0.116. The Morgan fingerprint density at radius 2 is 1.86 bits per heavy atom. The van der Waals surface area contributed by atoms with E-state index in [1.54, 1.807) is 11.0 Å². The van der Waals surface area contributed by atoms with Crippen molar-refractivity contribution in [3.05, 3.63) is 59.7 Å². The largest absolute Gasteiger partial charge is 0.507 e. The van der Waals surface area contributed by atoms with E-state index in [2.05, 4.69) is 5.32 Å². The third-order valence-corrected chi connectivity index (χ3v) is 4.56. The molecule has 2 aromatic carbocycles. The molecule has 7 nitrogen and oxygen atoms in total. The number of aliphatic hydroxyl groups excluding tert-OH is 1. The Labute approximate surface area is 164 Å². The Bertz CT molecular complexity index is 811. The molecule has 2 rings (SSSR count). The molecule has 2 amide bonds. The van der Waals surface area contributed by atoms with E-state index in [1.165, 1.54) is 19.1 Å². The van der Waals surface area contributed by atoms with Gasteiger partial charge in [-0.2, -0.15) is 0 Å². The third-order valence-electron chi connectivity index (χ3n) is 4.56. The highest BCUT2D eigenvalue weighted by atomic mass is 16.3. The van der Waals surface area contributed by atoms with Gasteiger partial charge in [-0.15, -0.1) is 0 Å². The molecule has 5 N–H and O–H groups in total. The molecule has 0 heterocycles. The number of hydrogen-bond donors (Lipinski definition) is 4. The molecule has 28 heavy (non-hydrogen) atoms. The van der Waals surface area contributed by atoms with Crippen LogP contribution >= 0.6 is 0 Å². The molecule has 0 aliphatic carbocycles. The minimum atomic E-state index is -0.862. The van der Waals surface area contributed by atoms with Crippen molar-refractivity contribution >= 4 is 17.5 Å². The highest BCUT2D eigenvalue weighted by Crippen LogP contribution is 2.22. The van der Waals surface area contributed by atoms with Gasteiger partial charge in [0.15, 0.2) is 0 Å². The predicted octanol–water partition coefficient (Wildman–Crippen LogP) is 1.95. The number of aliphatic hydroxyl groups is 1. The molecule has 2 atom stereocenters. The average molecular weight is 385 g/mol. The second kappa shape index (κ2) is 9.87. The first kappa shape index (κ1) is 21.4. The van der Waals surface area contributed by atoms with Gasteiger partial charge in [0, 0.05) is 31.7 Å². The van der Waals surface area contributed by atoms with Crippen LogP contribution in [0.3, 0.4) is 0 Å². The Kier molecular flexibility index (Phi) is 7.54. The highest BCUT2D eigenvalue weighted by molar-refractivity contribution is 5.95. The highest BCUT2D eigenvalue weighted by Gasteiger charge is 2.16. The zero-order valence-corrected chi connectivity index (χ0v) is 16.1. The molecule has 2 unspecified atom stereocenters. The van der Waals surface area contributed by atoms with Crippen molar-refractivity contribution in [1.29, 1.82) is 0 Å². The molecule has 0 aromatic heterocycles. The topological polar surface area (TPSA) is 116 Å². The number of rotatable bonds is 9. The second-order valence-corrected chi connectivity index (χ2v) is 6.76. The lowest BCUT2D eigenvalue weighted by Gasteiger charge is -2.24. The van der Waals surface area contributed by atoms with E-state index in [-0.39, 0.29) is 29.8 Å². The lowest BCUT2D eigenvalue weighted by atomic mass is 10.0. The van der Waals surface area contributed by atoms with E-state index >= 15 is 0 Å². The van der Waals surface area contributed by atoms with Crippen LogP contribution in [-0.2, 0) is 4.79 Å². The molecule has 0 bridgehead atoms. The zero-order valence-electron chi connectivity index (χ0n) is 16.1. The normalized spacial score (nSPS) is 13.0. The van der Waals surface area contributed by atoms with Crippen molar-refractivity contribution in [2.24, 2.45) is 5.73 Å². The Morgan fingerprint density at radius 3 is 2.46 bits per heavy atom. The van der Waals surface area contributed by atoms with E-state index in [9.17, 15) is 19.8 Å². The van der Waals surface area contributed by atoms with Crippen LogP contribution in [0.25, 0.3) is 0 Å². The summed E-state index contributed by atoms with van der Waals surface area (Å²) in [6.45, 7) is 4.32. The van der Waals surface area contributed by atoms with Gasteiger partial charge in [-0.05, 0) is 43.2 Å². The number of aromatic hydroxyl groups is 1. The van der Waals surface area contributed by atoms with E-state index in [4.69, 9.17) is 5.73 Å². The molecule has 0 aliphatic rings. The van der Waals surface area contributed by atoms with Crippen LogP contribution in [0, 0.1) is 0 Å². The number of anilines is 1. The SMILES string of the molecule is CC(=O)N(CCC(C)NCC(O)c1ccc(O)c(C(N)=O)c1)c1ccccc1. The maximum absolute atomic E-state index is 11.9. The van der Waals surface area contributed by atoms with E-state index in [0.717, 1.165) is 5.69 Å². The summed E-state index contributed by atoms with van der Waals surface area (Å²) in [6, 6.07) is 13.8. The van der Waals surface area contributed by atoms with Gasteiger partial charge in [-0.25, -0.2) is 0 Å². The molecular formula is C21H27N3O4. The van der Waals surface area contributed by atoms with Crippen molar-refractivity contribution in [2.45, 2.75) is 32.4 Å². The number of carbonyl (C=O) groups is 2. The van der Waals surface area contributed by atoms with Crippen molar-refractivity contribution in [1.82, 2.24) is 5.32 Å². The van der Waals surface area contributed by atoms with Crippen molar-refractivity contribution in [3.8, 4) is 5.75 Å². The van der Waals surface area contributed by atoms with Gasteiger partial charge in [0.1, 0.15) is 5.75 Å². The third kappa shape index (κ3) is 5.80. The van der Waals surface area contributed by atoms with Crippen LogP contribution < -0.4 is 16.0 Å². The smallest absolute Gasteiger partial charge is 0.252 e. The van der Waals surface area contributed by atoms with Crippen molar-refractivity contribution in [2.75, 3.05) is 18.0 Å². The fraction of sp³-hybridized carbons (Fsp3) is 0.333. The number of primary amides is 1. The average Bonchev–Trinajstić information content (AvgIpc) is 2.67. The molecule has 0 aliphatic heterocycles. The number of hydrogen-bond acceptors (Lipinski definition) is 5. The predicted molar refractivity (Wildman–Crippen MR) is 108 cm³/mol. The van der Waals surface area contributed by atoms with Crippen LogP contribution in [-0.4, -0.2) is 41.2 Å². The van der Waals surface area contributed by atoms with Crippen molar-refractivity contribution < 1.29 is 19.8 Å². The van der Waals surface area contributed by atoms with Gasteiger partial charge in [0.05, 0.1) is 11.7 Å². The zero-order chi connectivity index (χ0) is 20.7. The molecule has 7 heteroatoms. The second-order valence-electron chi connectivity index (χ2n) is 6.76. The summed E-state index contributed by atoms with van der Waals surface area (Å²) < 4.78 is 0. The summed E-state index contributed by atoms with van der Waals surface area (Å²) in [5, 5.41) is 23.2. The first-order chi connectivity index (χ1) is 13.3. The fourth-order valence-electron chi connectivity index (χ4n) is 2.89. The van der Waals surface area contributed by atoms with Gasteiger partial charge in [-0.3, -0.25) is 9.59 Å². The van der Waals surface area contributed by atoms with Gasteiger partial charge in [0.25, 0.3) is 5.91 Å². The summed E-state index contributed by atoms with van der Waals surface area (Å²) >= 11 is 0. The number of nitrogens with two attached hydrogens (primary N) is 1. The lowest BCUT2D eigenvalue weighted by Crippen LogP contribution is -2.36. The van der Waals surface area contributed by atoms with Gasteiger partial charge >= 0.3 is 0 Å². The maximum Gasteiger partial charge on any atom is 0.252 e. The summed E-state index contributed by atoms with van der Waals surface area (Å²) in [5.41, 5.74) is 6.53. The molecule has 0 radical (unpaired) electrons. The van der Waals surface area contributed by atoms with E-state index in [1.807, 2.05) is 37.3 Å². The first-order valence-electron chi connectivity index (χ1n) is 9.17. The molecule has 2 aromatic rings. The summed E-state index contributed by atoms with van der Waals surface area (Å²) in [4.78, 5) is 25.0. The Morgan fingerprint density at radius 1 is 1.18 bits per heavy atom. The maximum atomic E-state index is 11.9. The van der Waals surface area contributed by atoms with Gasteiger partial charge in [0.2, 0.25) is 5.91 Å². The van der Waals surface area contributed by atoms with Crippen LogP contribution in [0.4, 0.5) is 5.69 Å². The van der Waals surface area contributed by atoms with Crippen LogP contribution in [0.5, 0.6) is 5.75 Å². The van der Waals surface area contributed by atoms with Gasteiger partial charge < -0.3 is 26.2 Å². The minimum Gasteiger partial charge on any atom is -0.507 e. The minimum absolute atomic E-state index is 0.0236. The molecule has 0 spiro atoms. The monoisotopic (exact) mass is 385 g/mol. The quantitative estimate of drug-likeness (QED) is 0.526. The number of benzene rings is 2. The molecule has 0 saturated carbocycles. The Hall–Kier alpha value is -2.90. The van der Waals surface area contributed by atoms with Crippen LogP contribution in [0.1, 0.15) is 42.3 Å². The van der Waals surface area contributed by atoms with Crippen LogP contribution in [0.2, 0.25) is 0 Å². The Balaban J connectivity index is 1.89. The summed E-state index contributed by atoms with van der Waals surface area (Å²) in [5.74, 6) is -0.991. The molecule has 150 valence electrons. The number of amides is 2. The standard InChI is InChI=1S/C21H27N3O4/c1-14(10-11-24(15(2)25)17-6-4-3-5-7-17)23-13-20(27)16-8-9-19(26)18(12-16)21(22)28/h3-9,12,14,20,23,26-27H,10-11,13H2,1-2H3,(H2,22,28). The number of nitrogens with zero attached hydrogens (tertiary/aromatic N) is 1. The summed E-state index contributed by atoms with van der Waals surface area (Å²) in [6.07, 6.45) is -0.164. The fourth-order valence-corrected chi connectivity index (χ4v) is 2.89. The number of nitrogens with one attached hydrogen (secondary N) is 1. The molecule has 0 fully saturated rings. The van der Waals surface area contributed by atoms with Crippen molar-refractivity contribution in [3.63, 3.8) is 0 Å². The van der Waals surface area contributed by atoms with Crippen LogP contribution in [0.15, 0.2) is 48.5 Å².